The summed E-state index contributed by atoms with van der Waals surface area (Å²) in [5.41, 5.74) is -0.453. The highest BCUT2D eigenvalue weighted by molar-refractivity contribution is 5.97. The normalized spacial score (nSPS) is 20.8. The van der Waals surface area contributed by atoms with Crippen molar-refractivity contribution in [2.75, 3.05) is 7.11 Å². The fraction of sp³-hybridized carbons (Fsp3) is 0.448. The van der Waals surface area contributed by atoms with Crippen molar-refractivity contribution in [2.24, 2.45) is 0 Å². The van der Waals surface area contributed by atoms with Crippen molar-refractivity contribution in [3.63, 3.8) is 0 Å². The third-order valence-electron chi connectivity index (χ3n) is 7.18. The highest BCUT2D eigenvalue weighted by atomic mass is 16.7. The van der Waals surface area contributed by atoms with Gasteiger partial charge in [-0.15, -0.1) is 0 Å². The topological polar surface area (TPSA) is 125 Å². The smallest absolute Gasteiger partial charge is 0.347 e. The summed E-state index contributed by atoms with van der Waals surface area (Å²) in [6, 6.07) is 6.05. The lowest BCUT2D eigenvalue weighted by atomic mass is 9.89. The zero-order chi connectivity index (χ0) is 27.0. The van der Waals surface area contributed by atoms with Crippen molar-refractivity contribution >= 4 is 16.7 Å². The Hall–Kier alpha value is -3.72. The number of fused-ring (bicyclic) bond motifs is 2. The van der Waals surface area contributed by atoms with Gasteiger partial charge in [0.15, 0.2) is 11.5 Å². The Bertz CT molecular complexity index is 1440. The van der Waals surface area contributed by atoms with E-state index in [0.717, 1.165) is 38.2 Å². The van der Waals surface area contributed by atoms with Crippen LogP contribution in [0.2, 0.25) is 0 Å². The van der Waals surface area contributed by atoms with E-state index in [1.807, 2.05) is 6.92 Å². The molecule has 3 aromatic rings. The van der Waals surface area contributed by atoms with Crippen LogP contribution in [0.4, 0.5) is 0 Å². The summed E-state index contributed by atoms with van der Waals surface area (Å²) in [5, 5.41) is 22.1. The predicted octanol–water partition coefficient (Wildman–Crippen LogP) is 5.74. The Kier molecular flexibility index (Phi) is 6.96. The van der Waals surface area contributed by atoms with E-state index in [1.165, 1.54) is 13.2 Å². The van der Waals surface area contributed by atoms with Gasteiger partial charge in [-0.1, -0.05) is 19.8 Å². The van der Waals surface area contributed by atoms with Crippen LogP contribution >= 0.6 is 0 Å². The molecule has 0 aliphatic carbocycles. The molecule has 2 aromatic carbocycles. The van der Waals surface area contributed by atoms with E-state index >= 15 is 0 Å². The average Bonchev–Trinajstić information content (AvgIpc) is 2.85. The van der Waals surface area contributed by atoms with Gasteiger partial charge in [0, 0.05) is 37.0 Å². The number of aryl methyl sites for hydroxylation is 1. The first-order chi connectivity index (χ1) is 18.2. The molecule has 0 unspecified atom stereocenters. The Morgan fingerprint density at radius 3 is 2.66 bits per heavy atom. The third-order valence-corrected chi connectivity index (χ3v) is 7.18. The van der Waals surface area contributed by atoms with Gasteiger partial charge in [0.05, 0.1) is 13.2 Å². The molecular formula is C29H32O9. The molecule has 202 valence electrons. The predicted molar refractivity (Wildman–Crippen MR) is 138 cm³/mol. The molecule has 1 spiro atoms. The van der Waals surface area contributed by atoms with Gasteiger partial charge in [-0.25, -0.2) is 9.59 Å². The lowest BCUT2D eigenvalue weighted by Gasteiger charge is -2.42. The number of hydrogen-bond acceptors (Lipinski definition) is 9. The SMILES string of the molecule is CCCCCc1cc2cc(OC)cc(Oc3c(O)cc(O)c4c3C[C@]3(CCC[C@@H](C)O3)OC4=O)c2c(=O)o1. The second-order valence-electron chi connectivity index (χ2n) is 10.0. The summed E-state index contributed by atoms with van der Waals surface area (Å²) in [6.07, 6.45) is 5.59. The van der Waals surface area contributed by atoms with Crippen molar-refractivity contribution in [1.29, 1.82) is 0 Å². The molecule has 0 bridgehead atoms. The van der Waals surface area contributed by atoms with Crippen LogP contribution in [0.25, 0.3) is 10.8 Å². The second kappa shape index (κ2) is 10.2. The van der Waals surface area contributed by atoms with Crippen LogP contribution in [0.15, 0.2) is 33.5 Å². The molecule has 2 atom stereocenters. The Balaban J connectivity index is 1.62. The van der Waals surface area contributed by atoms with Crippen molar-refractivity contribution in [2.45, 2.75) is 77.1 Å². The first-order valence-corrected chi connectivity index (χ1v) is 13.0. The number of rotatable bonds is 7. The molecule has 0 amide bonds. The van der Waals surface area contributed by atoms with Crippen LogP contribution in [0.1, 0.15) is 74.1 Å². The highest BCUT2D eigenvalue weighted by Gasteiger charge is 2.47. The van der Waals surface area contributed by atoms with Crippen molar-refractivity contribution in [3.05, 3.63) is 51.6 Å². The maximum atomic E-state index is 13.1. The van der Waals surface area contributed by atoms with E-state index in [2.05, 4.69) is 6.92 Å². The van der Waals surface area contributed by atoms with E-state index in [9.17, 15) is 19.8 Å². The number of esters is 1. The number of methoxy groups -OCH3 is 1. The largest absolute Gasteiger partial charge is 0.507 e. The molecule has 2 aliphatic heterocycles. The molecule has 2 N–H and O–H groups in total. The van der Waals surface area contributed by atoms with Crippen LogP contribution in [0, 0.1) is 0 Å². The first kappa shape index (κ1) is 25.9. The van der Waals surface area contributed by atoms with E-state index in [4.69, 9.17) is 23.4 Å². The lowest BCUT2D eigenvalue weighted by Crippen LogP contribution is -2.48. The number of carbonyl (C=O) groups is 1. The Morgan fingerprint density at radius 2 is 1.92 bits per heavy atom. The molecule has 0 saturated carbocycles. The molecule has 5 rings (SSSR count). The summed E-state index contributed by atoms with van der Waals surface area (Å²) >= 11 is 0. The minimum absolute atomic E-state index is 0.0633. The van der Waals surface area contributed by atoms with Gasteiger partial charge < -0.3 is 33.6 Å². The number of phenols is 2. The van der Waals surface area contributed by atoms with Gasteiger partial charge in [0.1, 0.15) is 34.0 Å². The molecule has 1 fully saturated rings. The van der Waals surface area contributed by atoms with Gasteiger partial charge in [-0.2, -0.15) is 0 Å². The molecule has 9 nitrogen and oxygen atoms in total. The van der Waals surface area contributed by atoms with Crippen molar-refractivity contribution < 1.29 is 38.4 Å². The van der Waals surface area contributed by atoms with Crippen molar-refractivity contribution in [1.82, 2.24) is 0 Å². The Labute approximate surface area is 219 Å². The zero-order valence-electron chi connectivity index (χ0n) is 21.8. The molecule has 2 aliphatic rings. The number of carbonyl (C=O) groups excluding carboxylic acids is 1. The van der Waals surface area contributed by atoms with E-state index < -0.39 is 28.9 Å². The van der Waals surface area contributed by atoms with E-state index in [1.54, 1.807) is 12.1 Å². The number of aromatic hydroxyl groups is 2. The summed E-state index contributed by atoms with van der Waals surface area (Å²) in [6.45, 7) is 4.00. The second-order valence-corrected chi connectivity index (χ2v) is 10.0. The lowest BCUT2D eigenvalue weighted by molar-refractivity contribution is -0.250. The van der Waals surface area contributed by atoms with Crippen LogP contribution in [0.3, 0.4) is 0 Å². The zero-order valence-corrected chi connectivity index (χ0v) is 21.8. The van der Waals surface area contributed by atoms with E-state index in [0.29, 0.717) is 29.7 Å². The third kappa shape index (κ3) is 4.78. The summed E-state index contributed by atoms with van der Waals surface area (Å²) in [5.74, 6) is -1.82. The fourth-order valence-electron chi connectivity index (χ4n) is 5.37. The number of phenolic OH excluding ortho intramolecular Hbond substituents is 2. The van der Waals surface area contributed by atoms with E-state index in [-0.39, 0.29) is 40.5 Å². The van der Waals surface area contributed by atoms with Crippen molar-refractivity contribution in [3.8, 4) is 28.7 Å². The Morgan fingerprint density at radius 1 is 1.11 bits per heavy atom. The van der Waals surface area contributed by atoms with Gasteiger partial charge in [0.2, 0.25) is 5.79 Å². The molecule has 0 radical (unpaired) electrons. The molecule has 1 saturated heterocycles. The average molecular weight is 525 g/mol. The van der Waals surface area contributed by atoms with Gasteiger partial charge >= 0.3 is 11.6 Å². The fourth-order valence-corrected chi connectivity index (χ4v) is 5.37. The monoisotopic (exact) mass is 524 g/mol. The van der Waals surface area contributed by atoms with Crippen LogP contribution in [-0.2, 0) is 22.3 Å². The van der Waals surface area contributed by atoms with Gasteiger partial charge in [-0.05, 0) is 43.7 Å². The highest BCUT2D eigenvalue weighted by Crippen LogP contribution is 2.49. The molecule has 3 heterocycles. The molecular weight excluding hydrogens is 492 g/mol. The van der Waals surface area contributed by atoms with Gasteiger partial charge in [-0.3, -0.25) is 0 Å². The van der Waals surface area contributed by atoms with Gasteiger partial charge in [0.25, 0.3) is 0 Å². The number of ether oxygens (including phenoxy) is 4. The number of hydrogen-bond donors (Lipinski definition) is 2. The minimum Gasteiger partial charge on any atom is -0.507 e. The summed E-state index contributed by atoms with van der Waals surface area (Å²) in [7, 11) is 1.50. The van der Waals surface area contributed by atoms with Crippen LogP contribution in [0.5, 0.6) is 28.7 Å². The summed E-state index contributed by atoms with van der Waals surface area (Å²) < 4.78 is 29.0. The van der Waals surface area contributed by atoms with Crippen LogP contribution < -0.4 is 15.1 Å². The maximum absolute atomic E-state index is 13.1. The maximum Gasteiger partial charge on any atom is 0.347 e. The molecule has 1 aromatic heterocycles. The summed E-state index contributed by atoms with van der Waals surface area (Å²) in [4.78, 5) is 26.1. The first-order valence-electron chi connectivity index (χ1n) is 13.0. The molecule has 38 heavy (non-hydrogen) atoms. The quantitative estimate of drug-likeness (QED) is 0.294. The van der Waals surface area contributed by atoms with Crippen LogP contribution in [-0.4, -0.2) is 35.2 Å². The minimum atomic E-state index is -1.23. The number of unbranched alkanes of at least 4 members (excludes halogenated alkanes) is 2. The molecule has 9 heteroatoms. The standard InChI is InChI=1S/C29H32O9/c1-4-5-6-9-18-11-17-12-19(34-3)13-23(24(17)27(32)35-18)36-26-20-15-29(10-7-8-16(2)37-29)38-28(33)25(20)21(30)14-22(26)31/h11-14,16,30-31H,4-10,15H2,1-3H3/t16-,29+/m1/s1. The number of benzene rings is 2.